The summed E-state index contributed by atoms with van der Waals surface area (Å²) in [7, 11) is 0. The third-order valence-corrected chi connectivity index (χ3v) is 3.46. The first-order valence-electron chi connectivity index (χ1n) is 7.74. The minimum Gasteiger partial charge on any atom is -0.494 e. The second-order valence-corrected chi connectivity index (χ2v) is 5.42. The van der Waals surface area contributed by atoms with Crippen LogP contribution in [0, 0.1) is 20.2 Å². The molecule has 8 nitrogen and oxygen atoms in total. The molecular formula is C17H18N2O6. The molecule has 132 valence electrons. The highest BCUT2D eigenvalue weighted by Gasteiger charge is 2.08. The molecule has 0 heterocycles. The number of nitrogens with zero attached hydrogens (tertiary/aromatic N) is 2. The Morgan fingerprint density at radius 1 is 0.880 bits per heavy atom. The molecule has 0 aliphatic rings. The monoisotopic (exact) mass is 346 g/mol. The van der Waals surface area contributed by atoms with Crippen molar-refractivity contribution in [2.45, 2.75) is 25.9 Å². The molecule has 0 aliphatic carbocycles. The van der Waals surface area contributed by atoms with Crippen LogP contribution in [0.1, 0.15) is 19.8 Å². The molecule has 0 saturated carbocycles. The van der Waals surface area contributed by atoms with Gasteiger partial charge < -0.3 is 9.47 Å². The third kappa shape index (κ3) is 5.76. The van der Waals surface area contributed by atoms with Gasteiger partial charge in [0.25, 0.3) is 11.4 Å². The lowest BCUT2D eigenvalue weighted by atomic mass is 10.2. The van der Waals surface area contributed by atoms with Gasteiger partial charge in [0.15, 0.2) is 0 Å². The molecule has 0 bridgehead atoms. The van der Waals surface area contributed by atoms with Gasteiger partial charge in [-0.3, -0.25) is 20.2 Å². The van der Waals surface area contributed by atoms with Crippen molar-refractivity contribution in [1.82, 2.24) is 0 Å². The number of nitro groups is 2. The van der Waals surface area contributed by atoms with Crippen molar-refractivity contribution in [3.63, 3.8) is 0 Å². The van der Waals surface area contributed by atoms with E-state index < -0.39 is 9.85 Å². The van der Waals surface area contributed by atoms with Crippen LogP contribution in [0.3, 0.4) is 0 Å². The largest absolute Gasteiger partial charge is 0.494 e. The van der Waals surface area contributed by atoms with Crippen molar-refractivity contribution in [1.29, 1.82) is 0 Å². The molecule has 0 spiro atoms. The Labute approximate surface area is 144 Å². The van der Waals surface area contributed by atoms with E-state index in [9.17, 15) is 20.2 Å². The van der Waals surface area contributed by atoms with E-state index in [1.807, 2.05) is 6.92 Å². The van der Waals surface area contributed by atoms with E-state index in [2.05, 4.69) is 0 Å². The minimum atomic E-state index is -0.457. The van der Waals surface area contributed by atoms with Gasteiger partial charge in [-0.1, -0.05) is 0 Å². The maximum absolute atomic E-state index is 10.6. The molecule has 1 unspecified atom stereocenters. The van der Waals surface area contributed by atoms with Gasteiger partial charge in [-0.15, -0.1) is 0 Å². The fourth-order valence-electron chi connectivity index (χ4n) is 2.16. The van der Waals surface area contributed by atoms with Crippen molar-refractivity contribution in [3.05, 3.63) is 68.8 Å². The summed E-state index contributed by atoms with van der Waals surface area (Å²) in [5, 5.41) is 21.2. The first-order chi connectivity index (χ1) is 12.0. The quantitative estimate of drug-likeness (QED) is 0.384. The van der Waals surface area contributed by atoms with Crippen LogP contribution in [0.25, 0.3) is 0 Å². The highest BCUT2D eigenvalue weighted by Crippen LogP contribution is 2.20. The third-order valence-electron chi connectivity index (χ3n) is 3.46. The number of benzene rings is 2. The molecule has 8 heteroatoms. The van der Waals surface area contributed by atoms with Gasteiger partial charge in [0.2, 0.25) is 0 Å². The average Bonchev–Trinajstić information content (AvgIpc) is 2.59. The summed E-state index contributed by atoms with van der Waals surface area (Å²) in [5.41, 5.74) is 0.0500. The standard InChI is InChI=1S/C17H18N2O6/c1-13(25-17-10-6-15(7-11-17)19(22)23)3-2-12-24-16-8-4-14(5-9-16)18(20)21/h4-11,13H,2-3,12H2,1H3. The van der Waals surface area contributed by atoms with Gasteiger partial charge >= 0.3 is 0 Å². The van der Waals surface area contributed by atoms with Crippen LogP contribution < -0.4 is 9.47 Å². The van der Waals surface area contributed by atoms with Crippen molar-refractivity contribution < 1.29 is 19.3 Å². The first-order valence-corrected chi connectivity index (χ1v) is 7.74. The highest BCUT2D eigenvalue weighted by molar-refractivity contribution is 5.36. The second-order valence-electron chi connectivity index (χ2n) is 5.42. The van der Waals surface area contributed by atoms with Crippen LogP contribution in [-0.4, -0.2) is 22.6 Å². The Bertz CT molecular complexity index is 715. The molecule has 2 aromatic rings. The molecule has 0 aliphatic heterocycles. The number of non-ortho nitro benzene ring substituents is 2. The zero-order valence-electron chi connectivity index (χ0n) is 13.7. The molecular weight excluding hydrogens is 328 g/mol. The van der Waals surface area contributed by atoms with E-state index in [0.29, 0.717) is 18.1 Å². The van der Waals surface area contributed by atoms with E-state index in [0.717, 1.165) is 12.8 Å². The fourth-order valence-corrected chi connectivity index (χ4v) is 2.16. The number of ether oxygens (including phenoxy) is 2. The Kier molecular flexibility index (Phi) is 6.27. The maximum atomic E-state index is 10.6. The molecule has 2 rings (SSSR count). The summed E-state index contributed by atoms with van der Waals surface area (Å²) in [6.45, 7) is 2.37. The number of rotatable bonds is 9. The van der Waals surface area contributed by atoms with Crippen molar-refractivity contribution >= 4 is 11.4 Å². The van der Waals surface area contributed by atoms with Crippen LogP contribution in [0.2, 0.25) is 0 Å². The summed E-state index contributed by atoms with van der Waals surface area (Å²) in [5.74, 6) is 1.16. The number of hydrogen-bond acceptors (Lipinski definition) is 6. The lowest BCUT2D eigenvalue weighted by Crippen LogP contribution is -2.13. The van der Waals surface area contributed by atoms with Crippen molar-refractivity contribution in [2.75, 3.05) is 6.61 Å². The zero-order chi connectivity index (χ0) is 18.2. The minimum absolute atomic E-state index is 0.0245. The topological polar surface area (TPSA) is 105 Å². The average molecular weight is 346 g/mol. The Hall–Kier alpha value is -3.16. The second kappa shape index (κ2) is 8.62. The van der Waals surface area contributed by atoms with E-state index in [-0.39, 0.29) is 17.5 Å². The zero-order valence-corrected chi connectivity index (χ0v) is 13.7. The summed E-state index contributed by atoms with van der Waals surface area (Å²) in [6.07, 6.45) is 1.41. The van der Waals surface area contributed by atoms with Gasteiger partial charge in [-0.25, -0.2) is 0 Å². The van der Waals surface area contributed by atoms with Gasteiger partial charge in [-0.2, -0.15) is 0 Å². The van der Waals surface area contributed by atoms with Gasteiger partial charge in [-0.05, 0) is 44.0 Å². The summed E-state index contributed by atoms with van der Waals surface area (Å²) in [6, 6.07) is 11.9. The SMILES string of the molecule is CC(CCCOc1ccc([N+](=O)[O-])cc1)Oc1ccc([N+](=O)[O-])cc1. The predicted molar refractivity (Wildman–Crippen MR) is 91.0 cm³/mol. The normalized spacial score (nSPS) is 11.6. The molecule has 0 N–H and O–H groups in total. The predicted octanol–water partition coefficient (Wildman–Crippen LogP) is 4.13. The van der Waals surface area contributed by atoms with Crippen molar-refractivity contribution in [2.24, 2.45) is 0 Å². The number of nitro benzene ring substituents is 2. The summed E-state index contributed by atoms with van der Waals surface area (Å²) in [4.78, 5) is 20.2. The van der Waals surface area contributed by atoms with Crippen LogP contribution in [0.4, 0.5) is 11.4 Å². The highest BCUT2D eigenvalue weighted by atomic mass is 16.6. The van der Waals surface area contributed by atoms with Gasteiger partial charge in [0.05, 0.1) is 22.6 Å². The molecule has 0 radical (unpaired) electrons. The van der Waals surface area contributed by atoms with E-state index in [1.165, 1.54) is 24.3 Å². The van der Waals surface area contributed by atoms with Crippen LogP contribution >= 0.6 is 0 Å². The number of hydrogen-bond donors (Lipinski definition) is 0. The van der Waals surface area contributed by atoms with Crippen molar-refractivity contribution in [3.8, 4) is 11.5 Å². The van der Waals surface area contributed by atoms with Crippen LogP contribution in [-0.2, 0) is 0 Å². The molecule has 1 atom stereocenters. The van der Waals surface area contributed by atoms with E-state index in [4.69, 9.17) is 9.47 Å². The van der Waals surface area contributed by atoms with Gasteiger partial charge in [0, 0.05) is 24.3 Å². The summed E-state index contributed by atoms with van der Waals surface area (Å²) < 4.78 is 11.2. The molecule has 0 saturated heterocycles. The fraction of sp³-hybridized carbons (Fsp3) is 0.294. The van der Waals surface area contributed by atoms with E-state index >= 15 is 0 Å². The lowest BCUT2D eigenvalue weighted by Gasteiger charge is -2.14. The van der Waals surface area contributed by atoms with Crippen LogP contribution in [0.5, 0.6) is 11.5 Å². The van der Waals surface area contributed by atoms with Gasteiger partial charge in [0.1, 0.15) is 11.5 Å². The molecule has 0 amide bonds. The smallest absolute Gasteiger partial charge is 0.269 e. The molecule has 2 aromatic carbocycles. The molecule has 0 fully saturated rings. The first kappa shape index (κ1) is 18.2. The van der Waals surface area contributed by atoms with Crippen LogP contribution in [0.15, 0.2) is 48.5 Å². The Morgan fingerprint density at radius 2 is 1.36 bits per heavy atom. The van der Waals surface area contributed by atoms with E-state index in [1.54, 1.807) is 24.3 Å². The molecule has 25 heavy (non-hydrogen) atoms. The Balaban J connectivity index is 1.70. The Morgan fingerprint density at radius 3 is 1.84 bits per heavy atom. The summed E-state index contributed by atoms with van der Waals surface area (Å²) >= 11 is 0. The lowest BCUT2D eigenvalue weighted by molar-refractivity contribution is -0.385. The molecule has 0 aromatic heterocycles. The maximum Gasteiger partial charge on any atom is 0.269 e.